The Bertz CT molecular complexity index is 418. The second kappa shape index (κ2) is 2.71. The second-order valence-electron chi connectivity index (χ2n) is 3.89. The summed E-state index contributed by atoms with van der Waals surface area (Å²) in [4.78, 5) is 2.29. The molecule has 0 radical (unpaired) electrons. The van der Waals surface area contributed by atoms with E-state index >= 15 is 0 Å². The fraction of sp³-hybridized carbons (Fsp3) is 0.250. The summed E-state index contributed by atoms with van der Waals surface area (Å²) in [5, 5.41) is 7.75. The molecule has 0 saturated carbocycles. The van der Waals surface area contributed by atoms with E-state index in [0.717, 1.165) is 25.2 Å². The molecule has 0 bridgehead atoms. The van der Waals surface area contributed by atoms with Crippen molar-refractivity contribution in [2.24, 2.45) is 0 Å². The first-order valence-electron chi connectivity index (χ1n) is 4.95. The fourth-order valence-corrected chi connectivity index (χ4v) is 2.32. The van der Waals surface area contributed by atoms with Crippen molar-refractivity contribution in [1.82, 2.24) is 4.90 Å². The molecule has 0 unspecified atom stereocenters. The third-order valence-corrected chi connectivity index (χ3v) is 2.86. The normalized spacial score (nSPS) is 23.9. The van der Waals surface area contributed by atoms with E-state index in [1.165, 1.54) is 16.8 Å². The van der Waals surface area contributed by atoms with Crippen LogP contribution in [0.2, 0.25) is 0 Å². The third kappa shape index (κ3) is 1.00. The van der Waals surface area contributed by atoms with Crippen molar-refractivity contribution in [2.75, 3.05) is 13.1 Å². The smallest absolute Gasteiger partial charge is 0.0598 e. The quantitative estimate of drug-likeness (QED) is 0.612. The Labute approximate surface area is 83.4 Å². The Morgan fingerprint density at radius 2 is 2.07 bits per heavy atom. The van der Waals surface area contributed by atoms with Gasteiger partial charge in [0, 0.05) is 12.2 Å². The minimum Gasteiger partial charge on any atom is -0.361 e. The zero-order valence-corrected chi connectivity index (χ0v) is 7.96. The monoisotopic (exact) mass is 184 g/mol. The number of hydrogen-bond donors (Lipinski definition) is 1. The average molecular weight is 184 g/mol. The van der Waals surface area contributed by atoms with Gasteiger partial charge in [0.2, 0.25) is 0 Å². The van der Waals surface area contributed by atoms with Gasteiger partial charge < -0.3 is 10.3 Å². The first kappa shape index (κ1) is 7.80. The van der Waals surface area contributed by atoms with Crippen LogP contribution in [0.1, 0.15) is 6.42 Å². The van der Waals surface area contributed by atoms with E-state index in [4.69, 9.17) is 5.41 Å². The maximum absolute atomic E-state index is 7.75. The molecule has 14 heavy (non-hydrogen) atoms. The van der Waals surface area contributed by atoms with Crippen molar-refractivity contribution in [3.05, 3.63) is 47.2 Å². The lowest BCUT2D eigenvalue weighted by Gasteiger charge is -2.36. The molecular formula is C12H12N2. The van der Waals surface area contributed by atoms with Gasteiger partial charge in [0.25, 0.3) is 0 Å². The number of hydrogen-bond acceptors (Lipinski definition) is 2. The Morgan fingerprint density at radius 1 is 1.21 bits per heavy atom. The average Bonchev–Trinajstić information content (AvgIpc) is 2.18. The summed E-state index contributed by atoms with van der Waals surface area (Å²) in [6, 6.07) is 0. The molecular weight excluding hydrogens is 172 g/mol. The standard InChI is InChI=1S/C12H12N2/c13-11-7-10-4-1-3-9-5-2-6-14(8-11)12(9)10/h1-3,5,7,13H,4,6,8H2. The summed E-state index contributed by atoms with van der Waals surface area (Å²) in [5.41, 5.74) is 4.70. The van der Waals surface area contributed by atoms with E-state index < -0.39 is 0 Å². The van der Waals surface area contributed by atoms with Gasteiger partial charge in [-0.2, -0.15) is 0 Å². The van der Waals surface area contributed by atoms with Crippen LogP contribution in [0, 0.1) is 5.41 Å². The van der Waals surface area contributed by atoms with Crippen molar-refractivity contribution in [3.63, 3.8) is 0 Å². The molecule has 0 aromatic heterocycles. The van der Waals surface area contributed by atoms with Crippen molar-refractivity contribution >= 4 is 5.71 Å². The number of nitrogens with zero attached hydrogens (tertiary/aromatic N) is 1. The molecule has 3 aliphatic rings. The highest BCUT2D eigenvalue weighted by Crippen LogP contribution is 2.33. The molecule has 1 N–H and O–H groups in total. The van der Waals surface area contributed by atoms with Crippen LogP contribution in [-0.2, 0) is 0 Å². The first-order valence-corrected chi connectivity index (χ1v) is 4.95. The van der Waals surface area contributed by atoms with Crippen molar-refractivity contribution in [1.29, 1.82) is 5.41 Å². The highest BCUT2D eigenvalue weighted by Gasteiger charge is 2.25. The predicted molar refractivity (Wildman–Crippen MR) is 57.3 cm³/mol. The molecule has 0 aromatic rings. The molecule has 1 aliphatic carbocycles. The van der Waals surface area contributed by atoms with Crippen LogP contribution in [0.5, 0.6) is 0 Å². The van der Waals surface area contributed by atoms with Crippen LogP contribution in [0.4, 0.5) is 0 Å². The van der Waals surface area contributed by atoms with Gasteiger partial charge in [-0.25, -0.2) is 0 Å². The van der Waals surface area contributed by atoms with Gasteiger partial charge in [0.15, 0.2) is 0 Å². The van der Waals surface area contributed by atoms with E-state index in [9.17, 15) is 0 Å². The van der Waals surface area contributed by atoms with Crippen molar-refractivity contribution < 1.29 is 0 Å². The van der Waals surface area contributed by atoms with Gasteiger partial charge in [-0.1, -0.05) is 24.3 Å². The molecule has 0 aromatic carbocycles. The van der Waals surface area contributed by atoms with Crippen LogP contribution in [0.15, 0.2) is 47.2 Å². The summed E-state index contributed by atoms with van der Waals surface area (Å²) < 4.78 is 0. The summed E-state index contributed by atoms with van der Waals surface area (Å²) in [5.74, 6) is 0. The molecule has 0 saturated heterocycles. The maximum Gasteiger partial charge on any atom is 0.0598 e. The molecule has 2 heterocycles. The minimum absolute atomic E-state index is 0.730. The van der Waals surface area contributed by atoms with Gasteiger partial charge in [0.1, 0.15) is 0 Å². The van der Waals surface area contributed by atoms with E-state index in [1.54, 1.807) is 0 Å². The maximum atomic E-state index is 7.75. The Morgan fingerprint density at radius 3 is 3.00 bits per heavy atom. The highest BCUT2D eigenvalue weighted by molar-refractivity contribution is 5.97. The summed E-state index contributed by atoms with van der Waals surface area (Å²) in [7, 11) is 0. The van der Waals surface area contributed by atoms with E-state index in [-0.39, 0.29) is 0 Å². The lowest BCUT2D eigenvalue weighted by atomic mass is 9.90. The van der Waals surface area contributed by atoms with Crippen LogP contribution in [0.25, 0.3) is 0 Å². The van der Waals surface area contributed by atoms with Crippen molar-refractivity contribution in [2.45, 2.75) is 6.42 Å². The number of allylic oxidation sites excluding steroid dienone is 5. The SMILES string of the molecule is N=C1C=C2CC=CC3=C2N(CC=C3)C1. The lowest BCUT2D eigenvalue weighted by molar-refractivity contribution is 0.424. The third-order valence-electron chi connectivity index (χ3n) is 2.86. The van der Waals surface area contributed by atoms with Gasteiger partial charge in [-0.3, -0.25) is 0 Å². The Kier molecular flexibility index (Phi) is 1.51. The predicted octanol–water partition coefficient (Wildman–Crippen LogP) is 2.03. The van der Waals surface area contributed by atoms with Gasteiger partial charge >= 0.3 is 0 Å². The molecule has 0 amide bonds. The summed E-state index contributed by atoms with van der Waals surface area (Å²) in [6.45, 7) is 1.72. The molecule has 0 fully saturated rings. The van der Waals surface area contributed by atoms with Crippen LogP contribution >= 0.6 is 0 Å². The number of nitrogens with one attached hydrogen (secondary N) is 1. The zero-order valence-electron chi connectivity index (χ0n) is 7.96. The Hall–Kier alpha value is -1.57. The van der Waals surface area contributed by atoms with E-state index in [0.29, 0.717) is 0 Å². The number of rotatable bonds is 0. The second-order valence-corrected chi connectivity index (χ2v) is 3.89. The van der Waals surface area contributed by atoms with Gasteiger partial charge in [-0.15, -0.1) is 0 Å². The van der Waals surface area contributed by atoms with E-state index in [1.807, 2.05) is 6.08 Å². The molecule has 70 valence electrons. The molecule has 2 aliphatic heterocycles. The summed E-state index contributed by atoms with van der Waals surface area (Å²) >= 11 is 0. The lowest BCUT2D eigenvalue weighted by Crippen LogP contribution is -2.36. The first-order chi connectivity index (χ1) is 6.84. The van der Waals surface area contributed by atoms with Gasteiger partial charge in [-0.05, 0) is 23.6 Å². The van der Waals surface area contributed by atoms with Crippen LogP contribution in [0.3, 0.4) is 0 Å². The van der Waals surface area contributed by atoms with Crippen LogP contribution < -0.4 is 0 Å². The molecule has 3 rings (SSSR count). The fourth-order valence-electron chi connectivity index (χ4n) is 2.32. The summed E-state index contributed by atoms with van der Waals surface area (Å²) in [6.07, 6.45) is 11.7. The minimum atomic E-state index is 0.730. The molecule has 2 heteroatoms. The van der Waals surface area contributed by atoms with Crippen LogP contribution in [-0.4, -0.2) is 23.7 Å². The van der Waals surface area contributed by atoms with E-state index in [2.05, 4.69) is 29.2 Å². The molecule has 2 nitrogen and oxygen atoms in total. The molecule has 0 atom stereocenters. The van der Waals surface area contributed by atoms with Crippen molar-refractivity contribution in [3.8, 4) is 0 Å². The topological polar surface area (TPSA) is 27.1 Å². The zero-order chi connectivity index (χ0) is 9.54. The highest BCUT2D eigenvalue weighted by atomic mass is 15.1. The molecule has 0 spiro atoms. The Balaban J connectivity index is 2.19. The van der Waals surface area contributed by atoms with Gasteiger partial charge in [0.05, 0.1) is 12.3 Å². The largest absolute Gasteiger partial charge is 0.361 e.